The first-order valence-electron chi connectivity index (χ1n) is 5.79. The summed E-state index contributed by atoms with van der Waals surface area (Å²) in [6.07, 6.45) is 3.19. The van der Waals surface area contributed by atoms with Gasteiger partial charge >= 0.3 is 0 Å². The van der Waals surface area contributed by atoms with Crippen LogP contribution in [0.4, 0.5) is 0 Å². The number of hydrogen-bond acceptors (Lipinski definition) is 3. The van der Waals surface area contributed by atoms with Crippen molar-refractivity contribution in [3.8, 4) is 11.4 Å². The zero-order valence-electron chi connectivity index (χ0n) is 9.59. The Morgan fingerprint density at radius 3 is 2.65 bits per heavy atom. The van der Waals surface area contributed by atoms with Gasteiger partial charge in [0.2, 0.25) is 5.82 Å². The van der Waals surface area contributed by atoms with Gasteiger partial charge in [-0.25, -0.2) is 0 Å². The standard InChI is InChI=1S/C12H15ClN4/c13-9-5-2-6-10-17-15-12(14-16-17)11-7-3-1-4-8-11/h1,3-4,7-8H,2,5-6,9-10H2. The first kappa shape index (κ1) is 12.0. The summed E-state index contributed by atoms with van der Waals surface area (Å²) < 4.78 is 0. The molecule has 0 amide bonds. The van der Waals surface area contributed by atoms with Crippen LogP contribution in [0.15, 0.2) is 30.3 Å². The molecule has 0 unspecified atom stereocenters. The fourth-order valence-electron chi connectivity index (χ4n) is 1.57. The second-order valence-electron chi connectivity index (χ2n) is 3.82. The molecule has 1 aromatic heterocycles. The number of benzene rings is 1. The summed E-state index contributed by atoms with van der Waals surface area (Å²) in [5.74, 6) is 1.41. The number of aromatic nitrogens is 4. The topological polar surface area (TPSA) is 43.6 Å². The highest BCUT2D eigenvalue weighted by atomic mass is 35.5. The summed E-state index contributed by atoms with van der Waals surface area (Å²) in [6.45, 7) is 0.802. The van der Waals surface area contributed by atoms with Crippen LogP contribution in [0.3, 0.4) is 0 Å². The smallest absolute Gasteiger partial charge is 0.164 e. The molecule has 0 fully saturated rings. The third kappa shape index (κ3) is 3.53. The molecule has 2 rings (SSSR count). The Bertz CT molecular complexity index is 441. The van der Waals surface area contributed by atoms with Crippen molar-refractivity contribution >= 4 is 11.6 Å². The first-order valence-corrected chi connectivity index (χ1v) is 6.33. The highest BCUT2D eigenvalue weighted by molar-refractivity contribution is 6.17. The Balaban J connectivity index is 1.92. The predicted octanol–water partition coefficient (Wildman–Crippen LogP) is 2.75. The minimum atomic E-state index is 0.683. The summed E-state index contributed by atoms with van der Waals surface area (Å²) in [6, 6.07) is 9.87. The zero-order valence-corrected chi connectivity index (χ0v) is 10.3. The lowest BCUT2D eigenvalue weighted by molar-refractivity contribution is 0.486. The highest BCUT2D eigenvalue weighted by Crippen LogP contribution is 2.11. The zero-order chi connectivity index (χ0) is 11.9. The molecule has 0 aliphatic rings. The van der Waals surface area contributed by atoms with Gasteiger partial charge in [-0.05, 0) is 18.1 Å². The van der Waals surface area contributed by atoms with Gasteiger partial charge in [0.1, 0.15) is 0 Å². The average molecular weight is 251 g/mol. The third-order valence-corrected chi connectivity index (χ3v) is 2.74. The van der Waals surface area contributed by atoms with Crippen molar-refractivity contribution in [2.45, 2.75) is 25.8 Å². The van der Waals surface area contributed by atoms with E-state index in [4.69, 9.17) is 11.6 Å². The van der Waals surface area contributed by atoms with E-state index in [2.05, 4.69) is 15.4 Å². The molecule has 0 aliphatic carbocycles. The van der Waals surface area contributed by atoms with E-state index < -0.39 is 0 Å². The number of unbranched alkanes of at least 4 members (excludes halogenated alkanes) is 2. The molecule has 0 saturated heterocycles. The third-order valence-electron chi connectivity index (χ3n) is 2.48. The predicted molar refractivity (Wildman–Crippen MR) is 67.8 cm³/mol. The lowest BCUT2D eigenvalue weighted by atomic mass is 10.2. The maximum absolute atomic E-state index is 5.62. The Labute approximate surface area is 106 Å². The van der Waals surface area contributed by atoms with E-state index in [1.807, 2.05) is 30.3 Å². The number of tetrazole rings is 1. The van der Waals surface area contributed by atoms with Gasteiger partial charge in [0.25, 0.3) is 0 Å². The lowest BCUT2D eigenvalue weighted by Gasteiger charge is -1.97. The van der Waals surface area contributed by atoms with Crippen LogP contribution >= 0.6 is 11.6 Å². The van der Waals surface area contributed by atoms with Crippen LogP contribution < -0.4 is 0 Å². The number of aryl methyl sites for hydroxylation is 1. The molecule has 1 heterocycles. The van der Waals surface area contributed by atoms with Crippen LogP contribution in [0.2, 0.25) is 0 Å². The molecule has 0 spiro atoms. The maximum Gasteiger partial charge on any atom is 0.204 e. The molecule has 0 saturated carbocycles. The van der Waals surface area contributed by atoms with Crippen LogP contribution in [-0.4, -0.2) is 26.1 Å². The Hall–Kier alpha value is -1.42. The highest BCUT2D eigenvalue weighted by Gasteiger charge is 2.04. The monoisotopic (exact) mass is 250 g/mol. The average Bonchev–Trinajstić information content (AvgIpc) is 2.85. The van der Waals surface area contributed by atoms with Crippen molar-refractivity contribution in [3.63, 3.8) is 0 Å². The van der Waals surface area contributed by atoms with Crippen molar-refractivity contribution < 1.29 is 0 Å². The van der Waals surface area contributed by atoms with Crippen molar-refractivity contribution in [3.05, 3.63) is 30.3 Å². The molecule has 2 aromatic rings. The SMILES string of the molecule is ClCCCCCn1nnc(-c2ccccc2)n1. The molecule has 0 aliphatic heterocycles. The first-order chi connectivity index (χ1) is 8.40. The van der Waals surface area contributed by atoms with Gasteiger partial charge in [-0.3, -0.25) is 0 Å². The summed E-state index contributed by atoms with van der Waals surface area (Å²) >= 11 is 5.62. The summed E-state index contributed by atoms with van der Waals surface area (Å²) in [5.41, 5.74) is 1.000. The minimum absolute atomic E-state index is 0.683. The molecule has 0 radical (unpaired) electrons. The van der Waals surface area contributed by atoms with E-state index >= 15 is 0 Å². The van der Waals surface area contributed by atoms with E-state index in [-0.39, 0.29) is 0 Å². The van der Waals surface area contributed by atoms with Crippen LogP contribution in [0.1, 0.15) is 19.3 Å². The fourth-order valence-corrected chi connectivity index (χ4v) is 1.75. The molecule has 5 heteroatoms. The molecule has 0 atom stereocenters. The summed E-state index contributed by atoms with van der Waals surface area (Å²) in [5, 5.41) is 12.4. The normalized spacial score (nSPS) is 10.6. The van der Waals surface area contributed by atoms with Crippen LogP contribution in [0, 0.1) is 0 Å². The maximum atomic E-state index is 5.62. The molecule has 90 valence electrons. The van der Waals surface area contributed by atoms with E-state index in [1.54, 1.807) is 4.80 Å². The van der Waals surface area contributed by atoms with Gasteiger partial charge in [-0.2, -0.15) is 4.80 Å². The van der Waals surface area contributed by atoms with Crippen molar-refractivity contribution in [2.24, 2.45) is 0 Å². The second-order valence-corrected chi connectivity index (χ2v) is 4.20. The Morgan fingerprint density at radius 2 is 1.88 bits per heavy atom. The van der Waals surface area contributed by atoms with Crippen molar-refractivity contribution in [1.29, 1.82) is 0 Å². The molecule has 0 N–H and O–H groups in total. The minimum Gasteiger partial charge on any atom is -0.164 e. The van der Waals surface area contributed by atoms with Gasteiger partial charge < -0.3 is 0 Å². The van der Waals surface area contributed by atoms with E-state index in [0.29, 0.717) is 5.82 Å². The van der Waals surface area contributed by atoms with Crippen LogP contribution in [-0.2, 0) is 6.54 Å². The fraction of sp³-hybridized carbons (Fsp3) is 0.417. The Morgan fingerprint density at radius 1 is 1.06 bits per heavy atom. The van der Waals surface area contributed by atoms with E-state index in [1.165, 1.54) is 0 Å². The molecular weight excluding hydrogens is 236 g/mol. The summed E-state index contributed by atoms with van der Waals surface area (Å²) in [4.78, 5) is 1.65. The van der Waals surface area contributed by atoms with E-state index in [9.17, 15) is 0 Å². The van der Waals surface area contributed by atoms with Gasteiger partial charge in [0.05, 0.1) is 6.54 Å². The van der Waals surface area contributed by atoms with Crippen molar-refractivity contribution in [2.75, 3.05) is 5.88 Å². The van der Waals surface area contributed by atoms with Gasteiger partial charge in [0.15, 0.2) is 0 Å². The number of rotatable bonds is 6. The largest absolute Gasteiger partial charge is 0.204 e. The summed E-state index contributed by atoms with van der Waals surface area (Å²) in [7, 11) is 0. The van der Waals surface area contributed by atoms with Gasteiger partial charge in [0, 0.05) is 11.4 Å². The second kappa shape index (κ2) is 6.35. The van der Waals surface area contributed by atoms with Crippen molar-refractivity contribution in [1.82, 2.24) is 20.2 Å². The van der Waals surface area contributed by atoms with Gasteiger partial charge in [-0.15, -0.1) is 21.8 Å². The lowest BCUT2D eigenvalue weighted by Crippen LogP contribution is -2.02. The molecule has 17 heavy (non-hydrogen) atoms. The number of halogens is 1. The van der Waals surface area contributed by atoms with Crippen LogP contribution in [0.25, 0.3) is 11.4 Å². The van der Waals surface area contributed by atoms with E-state index in [0.717, 1.165) is 37.3 Å². The number of nitrogens with zero attached hydrogens (tertiary/aromatic N) is 4. The van der Waals surface area contributed by atoms with Crippen LogP contribution in [0.5, 0.6) is 0 Å². The molecule has 4 nitrogen and oxygen atoms in total. The molecule has 0 bridgehead atoms. The number of hydrogen-bond donors (Lipinski definition) is 0. The Kier molecular flexibility index (Phi) is 4.50. The number of alkyl halides is 1. The van der Waals surface area contributed by atoms with Gasteiger partial charge in [-0.1, -0.05) is 36.8 Å². The molecular formula is C12H15ClN4. The quantitative estimate of drug-likeness (QED) is 0.585. The molecule has 1 aromatic carbocycles.